The van der Waals surface area contributed by atoms with Crippen LogP contribution < -0.4 is 0 Å². The van der Waals surface area contributed by atoms with Crippen LogP contribution in [0, 0.1) is 27.7 Å². The maximum Gasteiger partial charge on any atom is 0.147 e. The van der Waals surface area contributed by atoms with Crippen molar-refractivity contribution >= 4 is 54.6 Å². The van der Waals surface area contributed by atoms with Crippen molar-refractivity contribution in [1.82, 2.24) is 24.1 Å². The first-order chi connectivity index (χ1) is 27.9. The average Bonchev–Trinajstić information content (AvgIpc) is 3.90. The number of fused-ring (bicyclic) bond motifs is 7. The fraction of sp³-hybridized carbons (Fsp3) is 0.0769. The van der Waals surface area contributed by atoms with Gasteiger partial charge in [-0.25, -0.2) is 9.97 Å². The number of pyridine rings is 1. The van der Waals surface area contributed by atoms with E-state index in [1.807, 2.05) is 6.20 Å². The van der Waals surface area contributed by atoms with Gasteiger partial charge in [0, 0.05) is 50.1 Å². The third-order valence-corrected chi connectivity index (χ3v) is 11.7. The van der Waals surface area contributed by atoms with Gasteiger partial charge in [0.15, 0.2) is 0 Å². The van der Waals surface area contributed by atoms with Crippen LogP contribution in [0.5, 0.6) is 0 Å². The molecule has 0 unspecified atom stereocenters. The second-order valence-corrected chi connectivity index (χ2v) is 15.4. The molecule has 0 bridgehead atoms. The number of aryl methyl sites for hydroxylation is 4. The molecule has 5 heteroatoms. The van der Waals surface area contributed by atoms with E-state index in [1.54, 1.807) is 0 Å². The zero-order valence-electron chi connectivity index (χ0n) is 32.3. The first-order valence-corrected chi connectivity index (χ1v) is 19.6. The minimum absolute atomic E-state index is 0.896. The SMILES string of the molecule is Cc1cc(C)c(-c2ccnc(-n3c4ccc(C)cc4c4ccc(-c5cccc6c5nc(-c5cccc7c5[nH]c5ccccc57)n6-c5ccccc5)cc43)c2)c(C)c1. The van der Waals surface area contributed by atoms with Gasteiger partial charge in [0.05, 0.1) is 27.6 Å². The normalized spacial score (nSPS) is 11.9. The molecule has 0 saturated carbocycles. The molecule has 0 amide bonds. The van der Waals surface area contributed by atoms with E-state index in [4.69, 9.17) is 9.97 Å². The van der Waals surface area contributed by atoms with Gasteiger partial charge in [-0.1, -0.05) is 102 Å². The lowest BCUT2D eigenvalue weighted by Crippen LogP contribution is -1.99. The Balaban J connectivity index is 1.15. The third-order valence-electron chi connectivity index (χ3n) is 11.7. The minimum atomic E-state index is 0.896. The Hall–Kier alpha value is -7.24. The summed E-state index contributed by atoms with van der Waals surface area (Å²) in [7, 11) is 0. The van der Waals surface area contributed by atoms with Gasteiger partial charge in [-0.05, 0) is 116 Å². The number of imidazole rings is 1. The number of benzene rings is 7. The van der Waals surface area contributed by atoms with Crippen LogP contribution in [0.4, 0.5) is 0 Å². The van der Waals surface area contributed by atoms with Crippen LogP contribution in [0.3, 0.4) is 0 Å². The maximum absolute atomic E-state index is 5.56. The first-order valence-electron chi connectivity index (χ1n) is 19.6. The summed E-state index contributed by atoms with van der Waals surface area (Å²) in [5.74, 6) is 1.79. The Morgan fingerprint density at radius 1 is 0.491 bits per heavy atom. The Labute approximate surface area is 330 Å². The van der Waals surface area contributed by atoms with Gasteiger partial charge < -0.3 is 4.98 Å². The fourth-order valence-electron chi connectivity index (χ4n) is 9.29. The quantitative estimate of drug-likeness (QED) is 0.191. The van der Waals surface area contributed by atoms with Crippen molar-refractivity contribution in [2.45, 2.75) is 27.7 Å². The molecule has 5 nitrogen and oxygen atoms in total. The summed E-state index contributed by atoms with van der Waals surface area (Å²) in [6, 6.07) is 54.7. The smallest absolute Gasteiger partial charge is 0.147 e. The molecule has 11 rings (SSSR count). The number of para-hydroxylation sites is 4. The summed E-state index contributed by atoms with van der Waals surface area (Å²) in [6.07, 6.45) is 1.95. The molecule has 0 aliphatic heterocycles. The second kappa shape index (κ2) is 12.7. The molecule has 0 aliphatic rings. The van der Waals surface area contributed by atoms with E-state index in [2.05, 4.69) is 193 Å². The summed E-state index contributed by atoms with van der Waals surface area (Å²) in [6.45, 7) is 8.74. The van der Waals surface area contributed by atoms with Crippen molar-refractivity contribution in [3.8, 4) is 45.1 Å². The van der Waals surface area contributed by atoms with E-state index >= 15 is 0 Å². The topological polar surface area (TPSA) is 51.4 Å². The second-order valence-electron chi connectivity index (χ2n) is 15.4. The molecule has 0 spiro atoms. The molecule has 4 heterocycles. The lowest BCUT2D eigenvalue weighted by Gasteiger charge is -2.14. The zero-order valence-corrected chi connectivity index (χ0v) is 32.3. The maximum atomic E-state index is 5.56. The Kier molecular flexibility index (Phi) is 7.35. The highest BCUT2D eigenvalue weighted by Crippen LogP contribution is 2.41. The number of aromatic amines is 1. The molecule has 4 aromatic heterocycles. The summed E-state index contributed by atoms with van der Waals surface area (Å²) in [5, 5.41) is 4.81. The lowest BCUT2D eigenvalue weighted by molar-refractivity contribution is 1.08. The van der Waals surface area contributed by atoms with Gasteiger partial charge in [0.25, 0.3) is 0 Å². The highest BCUT2D eigenvalue weighted by Gasteiger charge is 2.22. The van der Waals surface area contributed by atoms with Gasteiger partial charge in [-0.3, -0.25) is 9.13 Å². The van der Waals surface area contributed by atoms with Crippen molar-refractivity contribution in [2.24, 2.45) is 0 Å². The highest BCUT2D eigenvalue weighted by atomic mass is 15.1. The van der Waals surface area contributed by atoms with Crippen molar-refractivity contribution in [3.05, 3.63) is 180 Å². The summed E-state index contributed by atoms with van der Waals surface area (Å²) in [5.41, 5.74) is 18.2. The summed E-state index contributed by atoms with van der Waals surface area (Å²) in [4.78, 5) is 14.3. The average molecular weight is 734 g/mol. The molecule has 272 valence electrons. The number of nitrogens with zero attached hydrogens (tertiary/aromatic N) is 4. The molecule has 1 N–H and O–H groups in total. The molecular formula is C52H39N5. The number of aromatic nitrogens is 5. The van der Waals surface area contributed by atoms with Crippen LogP contribution in [0.15, 0.2) is 158 Å². The molecule has 7 aromatic carbocycles. The third kappa shape index (κ3) is 5.16. The summed E-state index contributed by atoms with van der Waals surface area (Å²) < 4.78 is 4.64. The van der Waals surface area contributed by atoms with E-state index in [0.717, 1.165) is 67.1 Å². The first kappa shape index (κ1) is 33.1. The van der Waals surface area contributed by atoms with Crippen LogP contribution >= 0.6 is 0 Å². The molecule has 0 atom stereocenters. The van der Waals surface area contributed by atoms with Crippen LogP contribution in [0.1, 0.15) is 22.3 Å². The lowest BCUT2D eigenvalue weighted by atomic mass is 9.94. The van der Waals surface area contributed by atoms with Crippen LogP contribution in [-0.2, 0) is 0 Å². The number of hydrogen-bond acceptors (Lipinski definition) is 2. The highest BCUT2D eigenvalue weighted by molar-refractivity contribution is 6.13. The molecule has 0 aliphatic carbocycles. The molecule has 11 aromatic rings. The van der Waals surface area contributed by atoms with Crippen molar-refractivity contribution in [1.29, 1.82) is 0 Å². The van der Waals surface area contributed by atoms with Gasteiger partial charge in [0.1, 0.15) is 11.6 Å². The number of H-pyrrole nitrogens is 1. The van der Waals surface area contributed by atoms with Crippen molar-refractivity contribution < 1.29 is 0 Å². The van der Waals surface area contributed by atoms with Gasteiger partial charge in [0.2, 0.25) is 0 Å². The Morgan fingerprint density at radius 2 is 1.26 bits per heavy atom. The van der Waals surface area contributed by atoms with Gasteiger partial charge in [-0.15, -0.1) is 0 Å². The zero-order chi connectivity index (χ0) is 38.4. The van der Waals surface area contributed by atoms with Crippen LogP contribution in [0.2, 0.25) is 0 Å². The predicted octanol–water partition coefficient (Wildman–Crippen LogP) is 13.4. The van der Waals surface area contributed by atoms with E-state index in [-0.39, 0.29) is 0 Å². The largest absolute Gasteiger partial charge is 0.354 e. The van der Waals surface area contributed by atoms with Crippen molar-refractivity contribution in [2.75, 3.05) is 0 Å². The Bertz CT molecular complexity index is 3370. The van der Waals surface area contributed by atoms with Crippen molar-refractivity contribution in [3.63, 3.8) is 0 Å². The van der Waals surface area contributed by atoms with Gasteiger partial charge in [-0.2, -0.15) is 0 Å². The molecule has 0 radical (unpaired) electrons. The van der Waals surface area contributed by atoms with Crippen LogP contribution in [-0.4, -0.2) is 24.1 Å². The Morgan fingerprint density at radius 3 is 2.12 bits per heavy atom. The van der Waals surface area contributed by atoms with Gasteiger partial charge >= 0.3 is 0 Å². The summed E-state index contributed by atoms with van der Waals surface area (Å²) >= 11 is 0. The number of rotatable bonds is 5. The van der Waals surface area contributed by atoms with E-state index in [9.17, 15) is 0 Å². The fourth-order valence-corrected chi connectivity index (χ4v) is 9.29. The standard InChI is InChI=1S/C52H39N5/c1-31-20-23-45-43(28-31)40-22-21-35(29-47(40)57(45)48-30-36(24-25-53-48)49-33(3)26-32(2)27-34(49)4)38-15-11-19-46-51(38)55-52(56(46)37-12-6-5-7-13-37)42-17-10-16-41-39-14-8-9-18-44(39)54-50(41)42/h5-30,54H,1-4H3. The number of hydrogen-bond donors (Lipinski definition) is 1. The minimum Gasteiger partial charge on any atom is -0.354 e. The molecule has 57 heavy (non-hydrogen) atoms. The van der Waals surface area contributed by atoms with E-state index in [1.165, 1.54) is 54.9 Å². The molecule has 0 fully saturated rings. The molecular weight excluding hydrogens is 695 g/mol. The van der Waals surface area contributed by atoms with E-state index < -0.39 is 0 Å². The molecule has 0 saturated heterocycles. The predicted molar refractivity (Wildman–Crippen MR) is 238 cm³/mol. The number of nitrogens with one attached hydrogen (secondary N) is 1. The van der Waals surface area contributed by atoms with E-state index in [0.29, 0.717) is 0 Å². The van der Waals surface area contributed by atoms with Crippen LogP contribution in [0.25, 0.3) is 99.8 Å². The monoisotopic (exact) mass is 733 g/mol.